The van der Waals surface area contributed by atoms with Crippen LogP contribution in [0.3, 0.4) is 0 Å². The number of carbonyl (C=O) groups is 1. The van der Waals surface area contributed by atoms with Gasteiger partial charge >= 0.3 is 6.18 Å². The van der Waals surface area contributed by atoms with Crippen LogP contribution in [-0.2, 0) is 23.9 Å². The van der Waals surface area contributed by atoms with E-state index in [-0.39, 0.29) is 30.9 Å². The highest BCUT2D eigenvalue weighted by Gasteiger charge is 2.30. The molecule has 1 aliphatic heterocycles. The number of alkyl halides is 3. The molecule has 0 saturated heterocycles. The zero-order valence-corrected chi connectivity index (χ0v) is 16.9. The van der Waals surface area contributed by atoms with Crippen LogP contribution in [0.1, 0.15) is 48.6 Å². The highest BCUT2D eigenvalue weighted by atomic mass is 19.4. The van der Waals surface area contributed by atoms with E-state index in [1.54, 1.807) is 18.0 Å². The van der Waals surface area contributed by atoms with Crippen molar-refractivity contribution in [3.05, 3.63) is 52.8 Å². The fourth-order valence-electron chi connectivity index (χ4n) is 3.36. The third-order valence-electron chi connectivity index (χ3n) is 5.24. The molecule has 2 aromatic rings. The van der Waals surface area contributed by atoms with Crippen LogP contribution in [0.2, 0.25) is 0 Å². The van der Waals surface area contributed by atoms with Crippen LogP contribution in [0.25, 0.3) is 0 Å². The Bertz CT molecular complexity index is 887. The number of aliphatic hydroxyl groups is 1. The van der Waals surface area contributed by atoms with Crippen molar-refractivity contribution in [3.8, 4) is 0 Å². The van der Waals surface area contributed by atoms with Crippen molar-refractivity contribution >= 4 is 11.9 Å². The fourth-order valence-corrected chi connectivity index (χ4v) is 3.36. The Labute approximate surface area is 173 Å². The molecule has 0 spiro atoms. The van der Waals surface area contributed by atoms with E-state index in [9.17, 15) is 18.0 Å². The molecule has 2 heterocycles. The summed E-state index contributed by atoms with van der Waals surface area (Å²) in [4.78, 5) is 23.2. The first kappa shape index (κ1) is 22.0. The molecule has 0 fully saturated rings. The van der Waals surface area contributed by atoms with Gasteiger partial charge in [0.25, 0.3) is 0 Å². The van der Waals surface area contributed by atoms with E-state index in [0.29, 0.717) is 31.0 Å². The molecule has 162 valence electrons. The maximum atomic E-state index is 12.8. The maximum Gasteiger partial charge on any atom is 0.416 e. The molecular formula is C21H25F3N4O2. The lowest BCUT2D eigenvalue weighted by molar-refractivity contribution is -0.137. The molecule has 2 N–H and O–H groups in total. The van der Waals surface area contributed by atoms with Gasteiger partial charge in [-0.1, -0.05) is 19.1 Å². The molecule has 1 unspecified atom stereocenters. The Kier molecular flexibility index (Phi) is 6.60. The minimum Gasteiger partial charge on any atom is -0.394 e. The van der Waals surface area contributed by atoms with Crippen LogP contribution < -0.4 is 5.32 Å². The number of nitrogens with one attached hydrogen (secondary N) is 1. The minimum atomic E-state index is -4.37. The molecule has 0 saturated carbocycles. The Hall–Kier alpha value is -2.68. The lowest BCUT2D eigenvalue weighted by atomic mass is 9.95. The van der Waals surface area contributed by atoms with Crippen LogP contribution >= 0.6 is 0 Å². The van der Waals surface area contributed by atoms with Crippen molar-refractivity contribution in [2.75, 3.05) is 18.5 Å². The third kappa shape index (κ3) is 5.27. The van der Waals surface area contributed by atoms with Gasteiger partial charge in [0.1, 0.15) is 0 Å². The second-order valence-corrected chi connectivity index (χ2v) is 7.68. The second-order valence-electron chi connectivity index (χ2n) is 7.68. The lowest BCUT2D eigenvalue weighted by Gasteiger charge is -2.29. The summed E-state index contributed by atoms with van der Waals surface area (Å²) >= 11 is 0. The molecule has 0 bridgehead atoms. The average molecular weight is 422 g/mol. The van der Waals surface area contributed by atoms with E-state index >= 15 is 0 Å². The molecule has 1 aromatic heterocycles. The normalized spacial score (nSPS) is 16.0. The van der Waals surface area contributed by atoms with Crippen LogP contribution in [0, 0.1) is 0 Å². The molecule has 0 aliphatic carbocycles. The molecule has 30 heavy (non-hydrogen) atoms. The zero-order valence-electron chi connectivity index (χ0n) is 16.9. The van der Waals surface area contributed by atoms with Gasteiger partial charge < -0.3 is 15.3 Å². The summed E-state index contributed by atoms with van der Waals surface area (Å²) < 4.78 is 38.2. The fraction of sp³-hybridized carbons (Fsp3) is 0.476. The Morgan fingerprint density at radius 1 is 1.27 bits per heavy atom. The van der Waals surface area contributed by atoms with Gasteiger partial charge in [-0.05, 0) is 42.5 Å². The van der Waals surface area contributed by atoms with Crippen molar-refractivity contribution < 1.29 is 23.1 Å². The van der Waals surface area contributed by atoms with Crippen LogP contribution in [0.4, 0.5) is 19.1 Å². The molecule has 6 nitrogen and oxygen atoms in total. The Morgan fingerprint density at radius 3 is 2.60 bits per heavy atom. The van der Waals surface area contributed by atoms with Gasteiger partial charge in [-0.25, -0.2) is 9.97 Å². The predicted octanol–water partition coefficient (Wildman–Crippen LogP) is 3.37. The van der Waals surface area contributed by atoms with Crippen molar-refractivity contribution in [2.24, 2.45) is 0 Å². The highest BCUT2D eigenvalue weighted by Crippen LogP contribution is 2.31. The van der Waals surface area contributed by atoms with E-state index in [2.05, 4.69) is 15.3 Å². The summed E-state index contributed by atoms with van der Waals surface area (Å²) in [5.41, 5.74) is 1.74. The zero-order chi connectivity index (χ0) is 21.9. The van der Waals surface area contributed by atoms with Gasteiger partial charge in [0.15, 0.2) is 0 Å². The number of fused-ring (bicyclic) bond motifs is 1. The molecule has 3 rings (SSSR count). The number of nitrogens with zero attached hydrogens (tertiary/aromatic N) is 3. The van der Waals surface area contributed by atoms with Gasteiger partial charge in [0.2, 0.25) is 11.9 Å². The van der Waals surface area contributed by atoms with Crippen LogP contribution in [-0.4, -0.2) is 45.1 Å². The quantitative estimate of drug-likeness (QED) is 0.746. The van der Waals surface area contributed by atoms with Gasteiger partial charge in [-0.15, -0.1) is 0 Å². The number of halogens is 3. The van der Waals surface area contributed by atoms with E-state index in [4.69, 9.17) is 5.11 Å². The third-order valence-corrected chi connectivity index (χ3v) is 5.24. The van der Waals surface area contributed by atoms with Gasteiger partial charge in [-0.2, -0.15) is 13.2 Å². The molecule has 0 radical (unpaired) electrons. The Morgan fingerprint density at radius 2 is 1.97 bits per heavy atom. The smallest absolute Gasteiger partial charge is 0.394 e. The van der Waals surface area contributed by atoms with Gasteiger partial charge in [0.05, 0.1) is 24.4 Å². The lowest BCUT2D eigenvalue weighted by Crippen LogP contribution is -2.37. The predicted molar refractivity (Wildman–Crippen MR) is 106 cm³/mol. The van der Waals surface area contributed by atoms with E-state index in [1.165, 1.54) is 12.1 Å². The standard InChI is InChI=1S/C21H25F3N4O2/c1-13(15-3-5-17(6-4-15)21(22,23)24)9-19(30)28-8-7-16-10-25-20(26-14(2)12-29)27-18(16)11-28/h3-6,10,13-14,29H,7-9,11-12H2,1-2H3,(H,25,26,27)/t13?,14-/m0/s1. The largest absolute Gasteiger partial charge is 0.416 e. The van der Waals surface area contributed by atoms with E-state index < -0.39 is 11.7 Å². The van der Waals surface area contributed by atoms with Crippen LogP contribution in [0.5, 0.6) is 0 Å². The molecular weight excluding hydrogens is 397 g/mol. The van der Waals surface area contributed by atoms with Crippen molar-refractivity contribution in [1.29, 1.82) is 0 Å². The first-order valence-corrected chi connectivity index (χ1v) is 9.84. The van der Waals surface area contributed by atoms with E-state index in [1.807, 2.05) is 6.92 Å². The number of hydrogen-bond donors (Lipinski definition) is 2. The highest BCUT2D eigenvalue weighted by molar-refractivity contribution is 5.77. The summed E-state index contributed by atoms with van der Waals surface area (Å²) in [5, 5.41) is 12.2. The van der Waals surface area contributed by atoms with Crippen LogP contribution in [0.15, 0.2) is 30.5 Å². The molecule has 2 atom stereocenters. The SMILES string of the molecule is CC(CC(=O)N1CCc2cnc(N[C@@H](C)CO)nc2C1)c1ccc(C(F)(F)F)cc1. The summed E-state index contributed by atoms with van der Waals surface area (Å²) in [6, 6.07) is 4.77. The number of carbonyl (C=O) groups excluding carboxylic acids is 1. The van der Waals surface area contributed by atoms with Crippen molar-refractivity contribution in [3.63, 3.8) is 0 Å². The first-order chi connectivity index (χ1) is 14.2. The first-order valence-electron chi connectivity index (χ1n) is 9.84. The number of rotatable bonds is 6. The molecule has 1 aromatic carbocycles. The number of anilines is 1. The number of aliphatic hydroxyl groups excluding tert-OH is 1. The summed E-state index contributed by atoms with van der Waals surface area (Å²) in [5.74, 6) is 0.141. The maximum absolute atomic E-state index is 12.8. The topological polar surface area (TPSA) is 78.4 Å². The molecule has 9 heteroatoms. The molecule has 1 aliphatic rings. The summed E-state index contributed by atoms with van der Waals surface area (Å²) in [7, 11) is 0. The van der Waals surface area contributed by atoms with E-state index in [0.717, 1.165) is 23.4 Å². The number of amides is 1. The molecule has 1 amide bonds. The number of aromatic nitrogens is 2. The Balaban J connectivity index is 1.63. The van der Waals surface area contributed by atoms with Crippen molar-refractivity contribution in [1.82, 2.24) is 14.9 Å². The van der Waals surface area contributed by atoms with Crippen molar-refractivity contribution in [2.45, 2.75) is 51.4 Å². The number of hydrogen-bond acceptors (Lipinski definition) is 5. The monoisotopic (exact) mass is 422 g/mol. The van der Waals surface area contributed by atoms with Gasteiger partial charge in [-0.3, -0.25) is 4.79 Å². The summed E-state index contributed by atoms with van der Waals surface area (Å²) in [6.07, 6.45) is -1.78. The average Bonchev–Trinajstić information content (AvgIpc) is 2.72. The minimum absolute atomic E-state index is 0.0487. The second kappa shape index (κ2) is 8.99. The van der Waals surface area contributed by atoms with Gasteiger partial charge in [0, 0.05) is 25.2 Å². The summed E-state index contributed by atoms with van der Waals surface area (Å²) in [6.45, 7) is 4.50. The number of benzene rings is 1.